The SMILES string of the molecule is CC[C@H](C)Nc1cc(C)cc(N(C)S(C)(=O)=O)n1.C[C@@]1(CCNC=O)CCN1.Cc1ccccc1. The van der Waals surface area contributed by atoms with Gasteiger partial charge in [0.2, 0.25) is 16.4 Å². The van der Waals surface area contributed by atoms with Gasteiger partial charge < -0.3 is 16.0 Å². The molecule has 0 bridgehead atoms. The van der Waals surface area contributed by atoms with E-state index in [1.54, 1.807) is 6.07 Å². The van der Waals surface area contributed by atoms with Crippen molar-refractivity contribution in [1.82, 2.24) is 15.6 Å². The van der Waals surface area contributed by atoms with Gasteiger partial charge in [-0.3, -0.25) is 9.10 Å². The van der Waals surface area contributed by atoms with E-state index >= 15 is 0 Å². The van der Waals surface area contributed by atoms with Gasteiger partial charge in [-0.1, -0.05) is 42.8 Å². The molecule has 196 valence electrons. The van der Waals surface area contributed by atoms with E-state index < -0.39 is 10.0 Å². The number of benzene rings is 1. The number of hydrogen-bond donors (Lipinski definition) is 3. The van der Waals surface area contributed by atoms with Crippen molar-refractivity contribution in [1.29, 1.82) is 0 Å². The zero-order chi connectivity index (χ0) is 26.5. The molecule has 0 saturated carbocycles. The third-order valence-electron chi connectivity index (χ3n) is 5.86. The minimum atomic E-state index is -3.28. The van der Waals surface area contributed by atoms with Gasteiger partial charge in [-0.05, 0) is 71.2 Å². The first kappa shape index (κ1) is 30.4. The monoisotopic (exact) mass is 505 g/mol. The predicted octanol–water partition coefficient (Wildman–Crippen LogP) is 3.87. The van der Waals surface area contributed by atoms with Crippen molar-refractivity contribution in [3.05, 3.63) is 53.6 Å². The van der Waals surface area contributed by atoms with Crippen molar-refractivity contribution < 1.29 is 13.2 Å². The Morgan fingerprint density at radius 2 is 1.83 bits per heavy atom. The Kier molecular flexibility index (Phi) is 12.7. The van der Waals surface area contributed by atoms with Crippen LogP contribution < -0.4 is 20.3 Å². The number of rotatable bonds is 9. The van der Waals surface area contributed by atoms with Crippen LogP contribution in [0.15, 0.2) is 42.5 Å². The standard InChI is InChI=1S/C12H21N3O2S.C7H14N2O.C7H8/c1-6-10(3)13-11-7-9(2)8-12(14-11)15(4)18(5,16)17;1-7(3-5-9-7)2-4-8-6-10;1-7-5-3-2-4-6-7/h7-8,10H,6H2,1-5H3,(H,13,14);6,9H,2-5H2,1H3,(H,8,10);2-6H,1H3/t10-;7-;/m01./s1. The number of sulfonamides is 1. The second-order valence-electron chi connectivity index (χ2n) is 9.29. The molecule has 1 aromatic carbocycles. The predicted molar refractivity (Wildman–Crippen MR) is 146 cm³/mol. The van der Waals surface area contributed by atoms with Gasteiger partial charge in [0.1, 0.15) is 11.6 Å². The zero-order valence-electron chi connectivity index (χ0n) is 22.3. The van der Waals surface area contributed by atoms with Crippen LogP contribution in [0.2, 0.25) is 0 Å². The maximum Gasteiger partial charge on any atom is 0.233 e. The number of nitrogens with one attached hydrogen (secondary N) is 3. The van der Waals surface area contributed by atoms with Gasteiger partial charge in [0, 0.05) is 25.2 Å². The molecular formula is C26H43N5O3S. The lowest BCUT2D eigenvalue weighted by Crippen LogP contribution is -2.55. The van der Waals surface area contributed by atoms with Gasteiger partial charge in [-0.25, -0.2) is 13.4 Å². The van der Waals surface area contributed by atoms with E-state index in [4.69, 9.17) is 0 Å². The highest BCUT2D eigenvalue weighted by molar-refractivity contribution is 7.92. The van der Waals surface area contributed by atoms with Crippen molar-refractivity contribution in [3.63, 3.8) is 0 Å². The first-order chi connectivity index (χ1) is 16.4. The lowest BCUT2D eigenvalue weighted by Gasteiger charge is -2.40. The molecule has 2 aromatic rings. The lowest BCUT2D eigenvalue weighted by atomic mass is 9.87. The van der Waals surface area contributed by atoms with E-state index in [1.165, 1.54) is 29.6 Å². The topological polar surface area (TPSA) is 103 Å². The third-order valence-corrected chi connectivity index (χ3v) is 7.04. The number of aryl methyl sites for hydroxylation is 2. The molecule has 1 fully saturated rings. The first-order valence-electron chi connectivity index (χ1n) is 12.0. The molecule has 0 unspecified atom stereocenters. The summed E-state index contributed by atoms with van der Waals surface area (Å²) in [5.74, 6) is 1.14. The largest absolute Gasteiger partial charge is 0.368 e. The molecule has 1 aliphatic heterocycles. The number of aromatic nitrogens is 1. The molecule has 8 nitrogen and oxygen atoms in total. The normalized spacial score (nSPS) is 17.3. The third kappa shape index (κ3) is 12.0. The average molecular weight is 506 g/mol. The van der Waals surface area contributed by atoms with Crippen LogP contribution in [0.3, 0.4) is 0 Å². The zero-order valence-corrected chi connectivity index (χ0v) is 23.1. The first-order valence-corrected chi connectivity index (χ1v) is 13.9. The van der Waals surface area contributed by atoms with Crippen molar-refractivity contribution >= 4 is 28.1 Å². The fraction of sp³-hybridized carbons (Fsp3) is 0.538. The molecule has 1 aliphatic rings. The molecule has 2 heterocycles. The molecule has 35 heavy (non-hydrogen) atoms. The van der Waals surface area contributed by atoms with Gasteiger partial charge >= 0.3 is 0 Å². The van der Waals surface area contributed by atoms with Crippen molar-refractivity contribution in [2.75, 3.05) is 36.0 Å². The molecule has 1 aromatic heterocycles. The van der Waals surface area contributed by atoms with Crippen molar-refractivity contribution in [2.45, 2.75) is 65.5 Å². The summed E-state index contributed by atoms with van der Waals surface area (Å²) in [4.78, 5) is 14.2. The summed E-state index contributed by atoms with van der Waals surface area (Å²) >= 11 is 0. The Bertz CT molecular complexity index is 995. The van der Waals surface area contributed by atoms with Crippen LogP contribution in [0.25, 0.3) is 0 Å². The molecule has 2 atom stereocenters. The molecule has 3 N–H and O–H groups in total. The lowest BCUT2D eigenvalue weighted by molar-refractivity contribution is -0.109. The van der Waals surface area contributed by atoms with Gasteiger partial charge in [0.05, 0.1) is 6.26 Å². The second-order valence-corrected chi connectivity index (χ2v) is 11.3. The molecular weight excluding hydrogens is 462 g/mol. The van der Waals surface area contributed by atoms with Gasteiger partial charge in [-0.2, -0.15) is 0 Å². The van der Waals surface area contributed by atoms with E-state index in [-0.39, 0.29) is 0 Å². The smallest absolute Gasteiger partial charge is 0.233 e. The maximum absolute atomic E-state index is 11.5. The van der Waals surface area contributed by atoms with Gasteiger partial charge in [0.25, 0.3) is 0 Å². The van der Waals surface area contributed by atoms with Gasteiger partial charge in [0.15, 0.2) is 0 Å². The van der Waals surface area contributed by atoms with E-state index in [0.717, 1.165) is 37.9 Å². The summed E-state index contributed by atoms with van der Waals surface area (Å²) < 4.78 is 24.2. The van der Waals surface area contributed by atoms with E-state index in [9.17, 15) is 13.2 Å². The molecule has 1 saturated heterocycles. The van der Waals surface area contributed by atoms with E-state index in [0.29, 0.717) is 23.2 Å². The van der Waals surface area contributed by atoms with Crippen LogP contribution in [-0.4, -0.2) is 57.8 Å². The highest BCUT2D eigenvalue weighted by atomic mass is 32.2. The van der Waals surface area contributed by atoms with Crippen molar-refractivity contribution in [3.8, 4) is 0 Å². The summed E-state index contributed by atoms with van der Waals surface area (Å²) in [5.41, 5.74) is 2.60. The van der Waals surface area contributed by atoms with Crippen LogP contribution in [-0.2, 0) is 14.8 Å². The molecule has 0 spiro atoms. The number of carbonyl (C=O) groups excluding carboxylic acids is 1. The number of amides is 1. The highest BCUT2D eigenvalue weighted by Crippen LogP contribution is 2.21. The minimum absolute atomic E-state index is 0.302. The molecule has 0 radical (unpaired) electrons. The summed E-state index contributed by atoms with van der Waals surface area (Å²) in [6, 6.07) is 14.2. The summed E-state index contributed by atoms with van der Waals surface area (Å²) in [7, 11) is -1.78. The number of pyridine rings is 1. The Labute approximate surface area is 212 Å². The quantitative estimate of drug-likeness (QED) is 0.353. The molecule has 9 heteroatoms. The van der Waals surface area contributed by atoms with Crippen LogP contribution in [0, 0.1) is 13.8 Å². The summed E-state index contributed by atoms with van der Waals surface area (Å²) in [6.45, 7) is 12.2. The van der Waals surface area contributed by atoms with E-state index in [1.807, 2.05) is 31.2 Å². The minimum Gasteiger partial charge on any atom is -0.368 e. The van der Waals surface area contributed by atoms with Crippen LogP contribution in [0.4, 0.5) is 11.6 Å². The van der Waals surface area contributed by atoms with Crippen LogP contribution in [0.5, 0.6) is 0 Å². The fourth-order valence-corrected chi connectivity index (χ4v) is 3.55. The summed E-state index contributed by atoms with van der Waals surface area (Å²) in [6.07, 6.45) is 5.16. The van der Waals surface area contributed by atoms with Crippen LogP contribution >= 0.6 is 0 Å². The van der Waals surface area contributed by atoms with Gasteiger partial charge in [-0.15, -0.1) is 0 Å². The molecule has 3 rings (SSSR count). The second kappa shape index (κ2) is 14.7. The molecule has 0 aliphatic carbocycles. The van der Waals surface area contributed by atoms with E-state index in [2.05, 4.69) is 60.8 Å². The Morgan fingerprint density at radius 1 is 1.20 bits per heavy atom. The molecule has 1 amide bonds. The highest BCUT2D eigenvalue weighted by Gasteiger charge is 2.29. The number of nitrogens with zero attached hydrogens (tertiary/aromatic N) is 2. The average Bonchev–Trinajstić information content (AvgIpc) is 2.78. The number of anilines is 2. The summed E-state index contributed by atoms with van der Waals surface area (Å²) in [5, 5.41) is 9.22. The van der Waals surface area contributed by atoms with Crippen LogP contribution in [0.1, 0.15) is 51.2 Å². The maximum atomic E-state index is 11.5. The fourth-order valence-electron chi connectivity index (χ4n) is 3.12. The van der Waals surface area contributed by atoms with Crippen molar-refractivity contribution in [2.24, 2.45) is 0 Å². The number of carbonyl (C=O) groups is 1. The Balaban J connectivity index is 0.000000299. The Hall–Kier alpha value is -2.65. The Morgan fingerprint density at radius 3 is 2.26 bits per heavy atom. The number of hydrogen-bond acceptors (Lipinski definition) is 6.